The molecule has 2 aromatic heterocycles. The first-order valence-electron chi connectivity index (χ1n) is 25.1. The number of likely N-dealkylation sites (tertiary alicyclic amines) is 2. The zero-order valence-corrected chi connectivity index (χ0v) is 42.0. The highest BCUT2D eigenvalue weighted by Gasteiger charge is 2.51. The molecule has 3 aromatic carbocycles. The fourth-order valence-corrected chi connectivity index (χ4v) is 12.3. The largest absolute Gasteiger partial charge is 0.480 e. The second-order valence-electron chi connectivity index (χ2n) is 20.7. The number of pyridine rings is 1. The van der Waals surface area contributed by atoms with Crippen LogP contribution in [0.4, 0.5) is 28.2 Å². The Kier molecular flexibility index (Phi) is 13.9. The lowest BCUT2D eigenvalue weighted by Gasteiger charge is -2.48. The van der Waals surface area contributed by atoms with Crippen LogP contribution in [0.3, 0.4) is 0 Å². The fourth-order valence-electron chi connectivity index (χ4n) is 12.0. The van der Waals surface area contributed by atoms with Gasteiger partial charge in [-0.1, -0.05) is 55.8 Å². The number of primary amides is 1. The van der Waals surface area contributed by atoms with Gasteiger partial charge in [0.15, 0.2) is 23.1 Å². The van der Waals surface area contributed by atoms with Crippen LogP contribution in [-0.2, 0) is 22.2 Å². The monoisotopic (exact) mass is 1040 g/mol. The predicted molar refractivity (Wildman–Crippen MR) is 266 cm³/mol. The predicted octanol–water partition coefficient (Wildman–Crippen LogP) is 7.03. The van der Waals surface area contributed by atoms with Crippen molar-refractivity contribution in [2.75, 3.05) is 63.9 Å². The Morgan fingerprint density at radius 2 is 1.70 bits per heavy atom. The number of urea groups is 1. The lowest BCUT2D eigenvalue weighted by atomic mass is 9.72. The highest BCUT2D eigenvalue weighted by molar-refractivity contribution is 6.34. The second-order valence-corrected chi connectivity index (χ2v) is 21.1. The molecule has 5 amide bonds. The van der Waals surface area contributed by atoms with Gasteiger partial charge < -0.3 is 35.4 Å². The van der Waals surface area contributed by atoms with Crippen molar-refractivity contribution in [2.45, 2.75) is 82.3 Å². The van der Waals surface area contributed by atoms with Gasteiger partial charge in [-0.05, 0) is 69.2 Å². The van der Waals surface area contributed by atoms with Crippen LogP contribution in [0.2, 0.25) is 5.02 Å². The van der Waals surface area contributed by atoms with E-state index in [4.69, 9.17) is 26.8 Å². The van der Waals surface area contributed by atoms with E-state index in [0.29, 0.717) is 70.3 Å². The molecule has 74 heavy (non-hydrogen) atoms. The number of amides is 5. The van der Waals surface area contributed by atoms with Crippen molar-refractivity contribution >= 4 is 52.1 Å². The van der Waals surface area contributed by atoms with Gasteiger partial charge in [0, 0.05) is 104 Å². The zero-order valence-electron chi connectivity index (χ0n) is 41.3. The minimum absolute atomic E-state index is 0.00511. The average Bonchev–Trinajstić information content (AvgIpc) is 3.86. The quantitative estimate of drug-likeness (QED) is 0.0834. The Bertz CT molecular complexity index is 3050. The molecule has 10 rings (SSSR count). The third-order valence-electron chi connectivity index (χ3n) is 16.1. The number of aliphatic hydroxyl groups is 1. The third kappa shape index (κ3) is 9.00. The number of rotatable bonds is 14. The first-order valence-corrected chi connectivity index (χ1v) is 25.5. The SMILES string of the molecule is CC1c2c(cc(F)c(Cl)c2-c2c(C(N)=O)cnc(OCCO)c2F)OC1(CNC1CCC(C)(C(=O)N2CC(CN3CCC(c4c(F)cc5c(N6CCC(=O)NC6=O)nn(C)c5c4F)CC3)C2)CC1)c1ccccc1. The van der Waals surface area contributed by atoms with Gasteiger partial charge in [-0.25, -0.2) is 27.3 Å². The Balaban J connectivity index is 0.759. The van der Waals surface area contributed by atoms with Crippen molar-refractivity contribution in [3.8, 4) is 22.8 Å². The van der Waals surface area contributed by atoms with E-state index in [2.05, 4.69) is 25.6 Å². The maximum absolute atomic E-state index is 16.4. The Labute approximate surface area is 429 Å². The fraction of sp³-hybridized carbons (Fsp3) is 0.472. The number of aryl methyl sites for hydroxylation is 1. The number of anilines is 1. The average molecular weight is 1040 g/mol. The van der Waals surface area contributed by atoms with Gasteiger partial charge in [-0.3, -0.25) is 29.3 Å². The van der Waals surface area contributed by atoms with E-state index in [1.165, 1.54) is 15.6 Å². The van der Waals surface area contributed by atoms with Crippen LogP contribution in [0.15, 0.2) is 48.7 Å². The normalized spacial score (nSPS) is 23.7. The summed E-state index contributed by atoms with van der Waals surface area (Å²) in [5.41, 5.74) is 4.37. The van der Waals surface area contributed by atoms with Gasteiger partial charge in [0.25, 0.3) is 11.8 Å². The third-order valence-corrected chi connectivity index (χ3v) is 16.5. The summed E-state index contributed by atoms with van der Waals surface area (Å²) in [6.07, 6.45) is 4.86. The number of nitrogens with one attached hydrogen (secondary N) is 2. The molecule has 4 fully saturated rings. The Morgan fingerprint density at radius 3 is 2.38 bits per heavy atom. The number of carbonyl (C=O) groups excluding carboxylic acids is 4. The minimum Gasteiger partial charge on any atom is -0.480 e. The van der Waals surface area contributed by atoms with Crippen molar-refractivity contribution in [3.05, 3.63) is 99.2 Å². The molecule has 5 aliphatic rings. The molecule has 6 heterocycles. The van der Waals surface area contributed by atoms with Crippen molar-refractivity contribution < 1.29 is 51.3 Å². The van der Waals surface area contributed by atoms with Crippen LogP contribution in [0, 0.1) is 34.6 Å². The van der Waals surface area contributed by atoms with Crippen LogP contribution in [0.5, 0.6) is 11.6 Å². The molecular formula is C53H58ClF4N9O7. The number of piperidine rings is 1. The maximum atomic E-state index is 16.4. The summed E-state index contributed by atoms with van der Waals surface area (Å²) in [4.78, 5) is 60.5. The number of aromatic nitrogens is 3. The Morgan fingerprint density at radius 1 is 0.986 bits per heavy atom. The molecule has 1 aliphatic carbocycles. The van der Waals surface area contributed by atoms with Crippen molar-refractivity contribution in [1.82, 2.24) is 35.2 Å². The summed E-state index contributed by atoms with van der Waals surface area (Å²) in [5, 5.41) is 19.3. The minimum atomic E-state index is -1.16. The summed E-state index contributed by atoms with van der Waals surface area (Å²) in [6.45, 7) is 6.79. The van der Waals surface area contributed by atoms with E-state index in [9.17, 15) is 24.3 Å². The molecule has 0 radical (unpaired) electrons. The molecule has 5 aromatic rings. The number of nitrogens with two attached hydrogens (primary N) is 1. The van der Waals surface area contributed by atoms with Crippen LogP contribution in [-0.4, -0.2) is 118 Å². The Hall–Kier alpha value is -6.35. The van der Waals surface area contributed by atoms with E-state index in [1.807, 2.05) is 49.1 Å². The van der Waals surface area contributed by atoms with Crippen LogP contribution in [0.1, 0.15) is 97.7 Å². The highest BCUT2D eigenvalue weighted by atomic mass is 35.5. The number of aliphatic hydroxyl groups excluding tert-OH is 1. The molecule has 1 saturated carbocycles. The molecular weight excluding hydrogens is 986 g/mol. The number of carbonyl (C=O) groups is 4. The molecule has 3 saturated heterocycles. The van der Waals surface area contributed by atoms with E-state index in [0.717, 1.165) is 24.4 Å². The number of halogens is 5. The van der Waals surface area contributed by atoms with Crippen LogP contribution >= 0.6 is 11.6 Å². The molecule has 16 nitrogen and oxygen atoms in total. The summed E-state index contributed by atoms with van der Waals surface area (Å²) < 4.78 is 77.8. The summed E-state index contributed by atoms with van der Waals surface area (Å²) >= 11 is 6.70. The first-order chi connectivity index (χ1) is 35.4. The first kappa shape index (κ1) is 51.1. The number of imide groups is 1. The molecule has 0 spiro atoms. The standard InChI is InChI=1S/C53H58ClF4N9O7/c1-28-39-37(22-36(56)43(54)42(39)41-34(47(59)70)23-60-49(45(41)58)73-20-19-68)74-53(28,31-7-5-4-6-8-31)27-61-32-9-14-52(2,15-10-32)50(71)66-25-29(26-66)24-65-16-11-30(12-17-65)40-35(55)21-33-46(44(40)57)64(3)63-48(33)67-18-13-38(69)62-51(67)72/h4-8,21-23,28-30,32,61,68H,9-20,24-27H2,1-3H3,(H2,59,70)(H,62,69,72). The van der Waals surface area contributed by atoms with E-state index >= 15 is 17.6 Å². The molecule has 392 valence electrons. The molecule has 2 unspecified atom stereocenters. The van der Waals surface area contributed by atoms with Crippen LogP contribution in [0.25, 0.3) is 22.0 Å². The van der Waals surface area contributed by atoms with Gasteiger partial charge in [0.05, 0.1) is 22.6 Å². The molecule has 5 N–H and O–H groups in total. The van der Waals surface area contributed by atoms with Crippen molar-refractivity contribution in [3.63, 3.8) is 0 Å². The number of hydrogen-bond donors (Lipinski definition) is 4. The van der Waals surface area contributed by atoms with Crippen molar-refractivity contribution in [1.29, 1.82) is 0 Å². The number of fused-ring (bicyclic) bond motifs is 2. The van der Waals surface area contributed by atoms with Gasteiger partial charge >= 0.3 is 6.03 Å². The van der Waals surface area contributed by atoms with Gasteiger partial charge in [-0.15, -0.1) is 0 Å². The lowest BCUT2D eigenvalue weighted by Crippen LogP contribution is -2.58. The van der Waals surface area contributed by atoms with Gasteiger partial charge in [0.2, 0.25) is 11.8 Å². The smallest absolute Gasteiger partial charge is 0.329 e. The number of hydrogen-bond acceptors (Lipinski definition) is 11. The maximum Gasteiger partial charge on any atom is 0.329 e. The number of ether oxygens (including phenoxy) is 2. The topological polar surface area (TPSA) is 197 Å². The molecule has 21 heteroatoms. The van der Waals surface area contributed by atoms with E-state index < -0.39 is 81.1 Å². The number of nitrogens with zero attached hydrogens (tertiary/aromatic N) is 6. The number of benzene rings is 3. The lowest BCUT2D eigenvalue weighted by molar-refractivity contribution is -0.150. The molecule has 2 atom stereocenters. The summed E-state index contributed by atoms with van der Waals surface area (Å²) in [5.74, 6) is -5.72. The highest BCUT2D eigenvalue weighted by Crippen LogP contribution is 2.57. The molecule has 0 bridgehead atoms. The summed E-state index contributed by atoms with van der Waals surface area (Å²) in [6, 6.07) is 11.1. The van der Waals surface area contributed by atoms with Crippen molar-refractivity contribution in [2.24, 2.45) is 24.1 Å². The summed E-state index contributed by atoms with van der Waals surface area (Å²) in [7, 11) is 1.55. The van der Waals surface area contributed by atoms with Gasteiger partial charge in [0.1, 0.15) is 29.5 Å². The van der Waals surface area contributed by atoms with Gasteiger partial charge in [-0.2, -0.15) is 5.10 Å². The molecule has 4 aliphatic heterocycles. The van der Waals surface area contributed by atoms with Crippen LogP contribution < -0.4 is 30.7 Å². The van der Waals surface area contributed by atoms with E-state index in [1.54, 1.807) is 7.05 Å². The second kappa shape index (κ2) is 20.1. The zero-order chi connectivity index (χ0) is 52.4. The van der Waals surface area contributed by atoms with E-state index in [-0.39, 0.29) is 89.1 Å².